The van der Waals surface area contributed by atoms with E-state index in [2.05, 4.69) is 10.7 Å². The van der Waals surface area contributed by atoms with Crippen LogP contribution in [0.3, 0.4) is 0 Å². The number of carboxylic acids is 1. The number of hydrogen-bond acceptors (Lipinski definition) is 5. The number of hydrogen-bond donors (Lipinski definition) is 3. The summed E-state index contributed by atoms with van der Waals surface area (Å²) in [5, 5.41) is 16.1. The number of morpholine rings is 1. The van der Waals surface area contributed by atoms with Gasteiger partial charge in [-0.1, -0.05) is 36.4 Å². The van der Waals surface area contributed by atoms with Crippen LogP contribution in [0.25, 0.3) is 16.3 Å². The van der Waals surface area contributed by atoms with Crippen LogP contribution in [0.1, 0.15) is 33.2 Å². The molecule has 4 rings (SSSR count). The van der Waals surface area contributed by atoms with Crippen molar-refractivity contribution in [2.45, 2.75) is 6.92 Å². The van der Waals surface area contributed by atoms with E-state index in [4.69, 9.17) is 4.74 Å². The number of ether oxygens (including phenoxy) is 1. The van der Waals surface area contributed by atoms with Gasteiger partial charge in [0.2, 0.25) is 5.91 Å². The van der Waals surface area contributed by atoms with Gasteiger partial charge in [-0.2, -0.15) is 0 Å². The van der Waals surface area contributed by atoms with Crippen molar-refractivity contribution in [3.05, 3.63) is 83.4 Å². The summed E-state index contributed by atoms with van der Waals surface area (Å²) in [5.41, 5.74) is 4.56. The molecular weight excluding hydrogens is 434 g/mol. The van der Waals surface area contributed by atoms with Crippen LogP contribution in [0.15, 0.2) is 66.7 Å². The van der Waals surface area contributed by atoms with E-state index in [1.54, 1.807) is 5.01 Å². The largest absolute Gasteiger partial charge is 0.478 e. The quantitative estimate of drug-likeness (QED) is 0.487. The van der Waals surface area contributed by atoms with Crippen molar-refractivity contribution < 1.29 is 24.2 Å². The lowest BCUT2D eigenvalue weighted by molar-refractivity contribution is -0.111. The third kappa shape index (κ3) is 5.48. The Hall–Kier alpha value is -4.01. The first kappa shape index (κ1) is 23.2. The van der Waals surface area contributed by atoms with Gasteiger partial charge < -0.3 is 15.2 Å². The maximum absolute atomic E-state index is 12.7. The average molecular weight is 460 g/mol. The molecule has 3 aromatic carbocycles. The summed E-state index contributed by atoms with van der Waals surface area (Å²) in [4.78, 5) is 37.0. The SMILES string of the molecule is C/C(=C/C(=O)Nc1cc(C(=O)NN2CCOCC2)ccc1C(=O)O)c1ccc2ccccc2c1. The summed E-state index contributed by atoms with van der Waals surface area (Å²) in [6, 6.07) is 17.9. The van der Waals surface area contributed by atoms with Crippen LogP contribution < -0.4 is 10.7 Å². The molecule has 1 saturated heterocycles. The number of nitrogens with one attached hydrogen (secondary N) is 2. The Kier molecular flexibility index (Phi) is 7.01. The van der Waals surface area contributed by atoms with Gasteiger partial charge in [-0.05, 0) is 53.1 Å². The molecule has 1 heterocycles. The minimum atomic E-state index is -1.20. The zero-order valence-electron chi connectivity index (χ0n) is 18.7. The van der Waals surface area contributed by atoms with Crippen molar-refractivity contribution in [1.82, 2.24) is 10.4 Å². The van der Waals surface area contributed by atoms with Crippen molar-refractivity contribution >= 4 is 39.8 Å². The van der Waals surface area contributed by atoms with E-state index in [0.29, 0.717) is 26.3 Å². The Balaban J connectivity index is 1.53. The lowest BCUT2D eigenvalue weighted by atomic mass is 10.0. The van der Waals surface area contributed by atoms with Crippen molar-refractivity contribution in [2.75, 3.05) is 31.6 Å². The molecule has 0 aromatic heterocycles. The Morgan fingerprint density at radius 3 is 2.38 bits per heavy atom. The smallest absolute Gasteiger partial charge is 0.337 e. The number of hydrazine groups is 1. The van der Waals surface area contributed by atoms with Gasteiger partial charge in [0.05, 0.1) is 24.5 Å². The van der Waals surface area contributed by atoms with Gasteiger partial charge in [0.15, 0.2) is 0 Å². The number of carbonyl (C=O) groups is 3. The maximum atomic E-state index is 12.7. The molecule has 8 nitrogen and oxygen atoms in total. The predicted molar refractivity (Wildman–Crippen MR) is 129 cm³/mol. The Bertz CT molecular complexity index is 1280. The molecule has 174 valence electrons. The fraction of sp³-hybridized carbons (Fsp3) is 0.192. The van der Waals surface area contributed by atoms with E-state index >= 15 is 0 Å². The number of nitrogens with zero attached hydrogens (tertiary/aromatic N) is 1. The van der Waals surface area contributed by atoms with Crippen molar-refractivity contribution in [2.24, 2.45) is 0 Å². The molecule has 0 spiro atoms. The molecular formula is C26H25N3O5. The molecule has 0 unspecified atom stereocenters. The van der Waals surface area contributed by atoms with E-state index in [1.807, 2.05) is 49.4 Å². The topological polar surface area (TPSA) is 108 Å². The molecule has 3 aromatic rings. The van der Waals surface area contributed by atoms with Crippen LogP contribution in [-0.4, -0.2) is 54.2 Å². The highest BCUT2D eigenvalue weighted by Gasteiger charge is 2.18. The zero-order chi connectivity index (χ0) is 24.1. The number of aromatic carboxylic acids is 1. The monoisotopic (exact) mass is 459 g/mol. The predicted octanol–water partition coefficient (Wildman–Crippen LogP) is 3.56. The fourth-order valence-electron chi connectivity index (χ4n) is 3.74. The molecule has 0 radical (unpaired) electrons. The molecule has 34 heavy (non-hydrogen) atoms. The van der Waals surface area contributed by atoms with Gasteiger partial charge >= 0.3 is 5.97 Å². The number of carboxylic acid groups (broad SMARTS) is 1. The molecule has 0 aliphatic carbocycles. The zero-order valence-corrected chi connectivity index (χ0v) is 18.7. The Labute approximate surface area is 196 Å². The highest BCUT2D eigenvalue weighted by molar-refractivity contribution is 6.08. The van der Waals surface area contributed by atoms with Crippen LogP contribution in [0.5, 0.6) is 0 Å². The summed E-state index contributed by atoms with van der Waals surface area (Å²) in [6.45, 7) is 3.96. The number of benzene rings is 3. The molecule has 3 N–H and O–H groups in total. The molecule has 0 saturated carbocycles. The number of fused-ring (bicyclic) bond motifs is 1. The van der Waals surface area contributed by atoms with E-state index in [-0.39, 0.29) is 16.8 Å². The third-order valence-electron chi connectivity index (χ3n) is 5.59. The third-order valence-corrected chi connectivity index (χ3v) is 5.59. The first-order valence-corrected chi connectivity index (χ1v) is 10.9. The summed E-state index contributed by atoms with van der Waals surface area (Å²) >= 11 is 0. The second-order valence-corrected chi connectivity index (χ2v) is 7.98. The van der Waals surface area contributed by atoms with Crippen LogP contribution >= 0.6 is 0 Å². The minimum absolute atomic E-state index is 0.0506. The molecule has 0 atom stereocenters. The van der Waals surface area contributed by atoms with Crippen molar-refractivity contribution in [3.63, 3.8) is 0 Å². The van der Waals surface area contributed by atoms with E-state index in [1.165, 1.54) is 24.3 Å². The first-order chi connectivity index (χ1) is 16.4. The van der Waals surface area contributed by atoms with Gasteiger partial charge in [-0.25, -0.2) is 9.80 Å². The van der Waals surface area contributed by atoms with Crippen molar-refractivity contribution in [1.29, 1.82) is 0 Å². The van der Waals surface area contributed by atoms with Gasteiger partial charge in [-0.15, -0.1) is 0 Å². The number of anilines is 1. The minimum Gasteiger partial charge on any atom is -0.478 e. The number of allylic oxidation sites excluding steroid dienone is 1. The van der Waals surface area contributed by atoms with E-state index < -0.39 is 17.8 Å². The molecule has 1 aliphatic rings. The lowest BCUT2D eigenvalue weighted by Gasteiger charge is -2.27. The number of rotatable bonds is 6. The van der Waals surface area contributed by atoms with Crippen LogP contribution in [0.4, 0.5) is 5.69 Å². The number of carbonyl (C=O) groups excluding carboxylic acids is 2. The van der Waals surface area contributed by atoms with Gasteiger partial charge in [0.1, 0.15) is 0 Å². The second-order valence-electron chi connectivity index (χ2n) is 7.98. The normalized spacial score (nSPS) is 14.6. The van der Waals surface area contributed by atoms with Crippen molar-refractivity contribution in [3.8, 4) is 0 Å². The fourth-order valence-corrected chi connectivity index (χ4v) is 3.74. The second kappa shape index (κ2) is 10.3. The summed E-state index contributed by atoms with van der Waals surface area (Å²) < 4.78 is 5.27. The summed E-state index contributed by atoms with van der Waals surface area (Å²) in [7, 11) is 0. The molecule has 0 bridgehead atoms. The molecule has 1 fully saturated rings. The highest BCUT2D eigenvalue weighted by atomic mass is 16.5. The van der Waals surface area contributed by atoms with Gasteiger partial charge in [0, 0.05) is 24.7 Å². The van der Waals surface area contributed by atoms with E-state index in [0.717, 1.165) is 21.9 Å². The van der Waals surface area contributed by atoms with Crippen LogP contribution in [-0.2, 0) is 9.53 Å². The summed E-state index contributed by atoms with van der Waals surface area (Å²) in [6.07, 6.45) is 1.41. The lowest BCUT2D eigenvalue weighted by Crippen LogP contribution is -2.48. The number of amides is 2. The van der Waals surface area contributed by atoms with Crippen LogP contribution in [0.2, 0.25) is 0 Å². The van der Waals surface area contributed by atoms with Crippen LogP contribution in [0, 0.1) is 0 Å². The average Bonchev–Trinajstić information content (AvgIpc) is 2.84. The first-order valence-electron chi connectivity index (χ1n) is 10.9. The van der Waals surface area contributed by atoms with Gasteiger partial charge in [0.25, 0.3) is 5.91 Å². The Morgan fingerprint density at radius 1 is 0.941 bits per heavy atom. The Morgan fingerprint density at radius 2 is 1.65 bits per heavy atom. The maximum Gasteiger partial charge on any atom is 0.337 e. The van der Waals surface area contributed by atoms with Gasteiger partial charge in [-0.3, -0.25) is 15.0 Å². The highest BCUT2D eigenvalue weighted by Crippen LogP contribution is 2.22. The molecule has 1 aliphatic heterocycles. The van der Waals surface area contributed by atoms with E-state index in [9.17, 15) is 19.5 Å². The molecule has 8 heteroatoms. The summed E-state index contributed by atoms with van der Waals surface area (Å²) in [5.74, 6) is -2.08. The standard InChI is InChI=1S/C26H25N3O5/c1-17(19-7-6-18-4-2-3-5-20(18)15-19)14-24(30)27-23-16-21(8-9-22(23)26(32)33)25(31)28-29-10-12-34-13-11-29/h2-9,14-16H,10-13H2,1H3,(H,27,30)(H,28,31)(H,32,33)/b17-14-. The molecule has 2 amide bonds.